The largest absolute Gasteiger partial charge is 0.380 e. The van der Waals surface area contributed by atoms with Gasteiger partial charge in [-0.3, -0.25) is 14.5 Å². The average Bonchev–Trinajstić information content (AvgIpc) is 3.43. The number of amides is 2. The Bertz CT molecular complexity index is 890. The molecule has 1 aromatic carbocycles. The number of nitrogens with zero attached hydrogens (tertiary/aromatic N) is 2. The smallest absolute Gasteiger partial charge is 0.243 e. The third-order valence-corrected chi connectivity index (χ3v) is 8.09. The number of likely N-dealkylation sites (N-methyl/N-ethyl adjacent to an activating group) is 1. The number of hydrogen-bond donors (Lipinski definition) is 2. The van der Waals surface area contributed by atoms with Gasteiger partial charge in [0, 0.05) is 55.9 Å². The van der Waals surface area contributed by atoms with Gasteiger partial charge in [-0.2, -0.15) is 0 Å². The first-order valence-corrected chi connectivity index (χ1v) is 12.3. The van der Waals surface area contributed by atoms with E-state index in [1.165, 1.54) is 6.07 Å². The fraction of sp³-hybridized carbons (Fsp3) is 0.680. The van der Waals surface area contributed by atoms with Crippen LogP contribution in [0.1, 0.15) is 43.2 Å². The summed E-state index contributed by atoms with van der Waals surface area (Å²) < 4.78 is 19.4. The number of halogens is 1. The van der Waals surface area contributed by atoms with Gasteiger partial charge in [-0.25, -0.2) is 4.39 Å². The number of aryl methyl sites for hydroxylation is 1. The van der Waals surface area contributed by atoms with Crippen LogP contribution in [0.4, 0.5) is 10.1 Å². The molecule has 5 rings (SSSR count). The summed E-state index contributed by atoms with van der Waals surface area (Å²) >= 11 is 0. The lowest BCUT2D eigenvalue weighted by Crippen LogP contribution is -2.50. The maximum Gasteiger partial charge on any atom is 0.243 e. The first kappa shape index (κ1) is 22.6. The maximum absolute atomic E-state index is 14.2. The highest BCUT2D eigenvalue weighted by Gasteiger charge is 2.38. The molecule has 3 heterocycles. The Morgan fingerprint density at radius 3 is 2.79 bits per heavy atom. The van der Waals surface area contributed by atoms with E-state index in [1.807, 2.05) is 18.9 Å². The molecule has 180 valence electrons. The molecule has 0 spiro atoms. The highest BCUT2D eigenvalue weighted by molar-refractivity contribution is 5.88. The first-order valence-electron chi connectivity index (χ1n) is 12.3. The first-order chi connectivity index (χ1) is 15.9. The van der Waals surface area contributed by atoms with Crippen molar-refractivity contribution >= 4 is 17.5 Å². The summed E-state index contributed by atoms with van der Waals surface area (Å²) in [6.07, 6.45) is 5.51. The predicted molar refractivity (Wildman–Crippen MR) is 123 cm³/mol. The Morgan fingerprint density at radius 1 is 1.24 bits per heavy atom. The molecule has 8 heteroatoms. The minimum Gasteiger partial charge on any atom is -0.380 e. The topological polar surface area (TPSA) is 73.9 Å². The lowest BCUT2D eigenvalue weighted by atomic mass is 9.89. The summed E-state index contributed by atoms with van der Waals surface area (Å²) in [5.74, 6) is -0.0412. The number of benzene rings is 1. The average molecular weight is 459 g/mol. The SMILES string of the molecule is Cc1ccc(F)c2c1NC(C(=O)N[C@@H]1CCCC(N3CCC(N(C)C(=O)C4COC4)C3)C1)C2. The van der Waals surface area contributed by atoms with Crippen LogP contribution in [-0.2, 0) is 20.7 Å². The monoisotopic (exact) mass is 458 g/mol. The van der Waals surface area contributed by atoms with Crippen molar-refractivity contribution in [3.05, 3.63) is 29.1 Å². The third-order valence-electron chi connectivity index (χ3n) is 8.09. The molecule has 4 atom stereocenters. The number of ether oxygens (including phenoxy) is 1. The van der Waals surface area contributed by atoms with Gasteiger partial charge < -0.3 is 20.3 Å². The molecule has 3 fully saturated rings. The van der Waals surface area contributed by atoms with Gasteiger partial charge in [-0.15, -0.1) is 0 Å². The Morgan fingerprint density at radius 2 is 2.06 bits per heavy atom. The Balaban J connectivity index is 1.13. The van der Waals surface area contributed by atoms with E-state index < -0.39 is 6.04 Å². The summed E-state index contributed by atoms with van der Waals surface area (Å²) in [5, 5.41) is 6.48. The van der Waals surface area contributed by atoms with Crippen LogP contribution in [0, 0.1) is 18.7 Å². The van der Waals surface area contributed by atoms with Crippen molar-refractivity contribution in [2.24, 2.45) is 5.92 Å². The molecule has 0 radical (unpaired) electrons. The Kier molecular flexibility index (Phi) is 6.31. The number of hydrogen-bond acceptors (Lipinski definition) is 5. The molecular formula is C25H35FN4O3. The molecule has 3 unspecified atom stereocenters. The predicted octanol–water partition coefficient (Wildman–Crippen LogP) is 2.08. The summed E-state index contributed by atoms with van der Waals surface area (Å²) in [5.41, 5.74) is 2.36. The highest BCUT2D eigenvalue weighted by Crippen LogP contribution is 2.32. The molecule has 3 aliphatic heterocycles. The zero-order valence-electron chi connectivity index (χ0n) is 19.6. The molecular weight excluding hydrogens is 423 g/mol. The van der Waals surface area contributed by atoms with Crippen molar-refractivity contribution in [1.82, 2.24) is 15.1 Å². The van der Waals surface area contributed by atoms with E-state index in [1.54, 1.807) is 6.07 Å². The van der Waals surface area contributed by atoms with Crippen LogP contribution in [0.25, 0.3) is 0 Å². The third kappa shape index (κ3) is 4.47. The molecule has 1 aliphatic carbocycles. The normalized spacial score (nSPS) is 29.8. The summed E-state index contributed by atoms with van der Waals surface area (Å²) in [7, 11) is 1.93. The lowest BCUT2D eigenvalue weighted by molar-refractivity contribution is -0.150. The van der Waals surface area contributed by atoms with Crippen molar-refractivity contribution < 1.29 is 18.7 Å². The van der Waals surface area contributed by atoms with Gasteiger partial charge >= 0.3 is 0 Å². The van der Waals surface area contributed by atoms with E-state index >= 15 is 0 Å². The lowest BCUT2D eigenvalue weighted by Gasteiger charge is -2.37. The molecule has 2 N–H and O–H groups in total. The van der Waals surface area contributed by atoms with Crippen LogP contribution in [0.3, 0.4) is 0 Å². The van der Waals surface area contributed by atoms with E-state index in [-0.39, 0.29) is 35.6 Å². The number of nitrogens with one attached hydrogen (secondary N) is 2. The van der Waals surface area contributed by atoms with E-state index in [0.29, 0.717) is 31.2 Å². The number of fused-ring (bicyclic) bond motifs is 1. The van der Waals surface area contributed by atoms with Crippen molar-refractivity contribution in [1.29, 1.82) is 0 Å². The van der Waals surface area contributed by atoms with Crippen molar-refractivity contribution in [2.45, 2.75) is 69.6 Å². The zero-order valence-corrected chi connectivity index (χ0v) is 19.6. The molecule has 2 amide bonds. The number of likely N-dealkylation sites (tertiary alicyclic amines) is 1. The van der Waals surface area contributed by atoms with E-state index in [4.69, 9.17) is 4.74 Å². The maximum atomic E-state index is 14.2. The van der Waals surface area contributed by atoms with Gasteiger partial charge in [0.05, 0.1) is 19.1 Å². The van der Waals surface area contributed by atoms with E-state index in [2.05, 4.69) is 15.5 Å². The van der Waals surface area contributed by atoms with Gasteiger partial charge in [0.25, 0.3) is 0 Å². The molecule has 0 bridgehead atoms. The second-order valence-electron chi connectivity index (χ2n) is 10.3. The van der Waals surface area contributed by atoms with Crippen molar-refractivity contribution in [2.75, 3.05) is 38.7 Å². The second kappa shape index (κ2) is 9.22. The number of rotatable bonds is 5. The fourth-order valence-corrected chi connectivity index (χ4v) is 5.92. The molecule has 4 aliphatic rings. The van der Waals surface area contributed by atoms with Crippen LogP contribution >= 0.6 is 0 Å². The van der Waals surface area contributed by atoms with Crippen LogP contribution < -0.4 is 10.6 Å². The minimum absolute atomic E-state index is 0.0333. The standard InChI is InChI=1S/C25H35FN4O3/c1-15-6-7-21(26)20-11-22(28-23(15)20)24(31)27-17-4-3-5-18(10-17)30-9-8-19(12-30)29(2)25(32)16-13-33-14-16/h6-7,16-19,22,28H,3-5,8-14H2,1-2H3,(H,27,31)/t17-,18?,19?,22?/m1/s1. The molecule has 33 heavy (non-hydrogen) atoms. The number of anilines is 1. The van der Waals surface area contributed by atoms with Gasteiger partial charge in [-0.05, 0) is 50.7 Å². The minimum atomic E-state index is -0.415. The zero-order chi connectivity index (χ0) is 23.1. The van der Waals surface area contributed by atoms with Gasteiger partial charge in [0.2, 0.25) is 11.8 Å². The van der Waals surface area contributed by atoms with Gasteiger partial charge in [-0.1, -0.05) is 6.07 Å². The Hall–Kier alpha value is -2.19. The van der Waals surface area contributed by atoms with Gasteiger partial charge in [0.1, 0.15) is 11.9 Å². The Labute approximate surface area is 195 Å². The van der Waals surface area contributed by atoms with E-state index in [0.717, 1.165) is 56.4 Å². The van der Waals surface area contributed by atoms with Crippen molar-refractivity contribution in [3.63, 3.8) is 0 Å². The second-order valence-corrected chi connectivity index (χ2v) is 10.3. The fourth-order valence-electron chi connectivity index (χ4n) is 5.92. The molecule has 1 saturated carbocycles. The van der Waals surface area contributed by atoms with E-state index in [9.17, 15) is 14.0 Å². The van der Waals surface area contributed by atoms with Gasteiger partial charge in [0.15, 0.2) is 0 Å². The highest BCUT2D eigenvalue weighted by atomic mass is 19.1. The molecule has 0 aromatic heterocycles. The summed E-state index contributed by atoms with van der Waals surface area (Å²) in [6.45, 7) is 4.94. The number of carbonyl (C=O) groups is 2. The van der Waals surface area contributed by atoms with Crippen LogP contribution in [0.5, 0.6) is 0 Å². The molecule has 7 nitrogen and oxygen atoms in total. The van der Waals surface area contributed by atoms with Crippen LogP contribution in [0.2, 0.25) is 0 Å². The quantitative estimate of drug-likeness (QED) is 0.707. The summed E-state index contributed by atoms with van der Waals surface area (Å²) in [4.78, 5) is 30.0. The van der Waals surface area contributed by atoms with Crippen LogP contribution in [-0.4, -0.2) is 79.1 Å². The summed E-state index contributed by atoms with van der Waals surface area (Å²) in [6, 6.07) is 3.64. The number of carbonyl (C=O) groups excluding carboxylic acids is 2. The molecule has 2 saturated heterocycles. The molecule has 1 aromatic rings. The van der Waals surface area contributed by atoms with Crippen molar-refractivity contribution in [3.8, 4) is 0 Å². The van der Waals surface area contributed by atoms with Crippen LogP contribution in [0.15, 0.2) is 12.1 Å².